The van der Waals surface area contributed by atoms with E-state index < -0.39 is 10.0 Å². The number of hydrogen-bond acceptors (Lipinski definition) is 4. The number of hydrogen-bond donors (Lipinski definition) is 2. The van der Waals surface area contributed by atoms with E-state index in [-0.39, 0.29) is 22.5 Å². The summed E-state index contributed by atoms with van der Waals surface area (Å²) in [6.45, 7) is 3.61. The molecule has 0 aliphatic heterocycles. The molecule has 1 aromatic heterocycles. The SMILES string of the molecule is CCC(C)C(=O)Nc1nn(C)cc1S(N)(=O)=O. The van der Waals surface area contributed by atoms with E-state index in [9.17, 15) is 13.2 Å². The van der Waals surface area contributed by atoms with E-state index in [0.29, 0.717) is 6.42 Å². The van der Waals surface area contributed by atoms with Crippen molar-refractivity contribution in [3.8, 4) is 0 Å². The number of nitrogens with two attached hydrogens (primary N) is 1. The summed E-state index contributed by atoms with van der Waals surface area (Å²) >= 11 is 0. The number of carbonyl (C=O) groups is 1. The van der Waals surface area contributed by atoms with Crippen LogP contribution in [0.25, 0.3) is 0 Å². The third-order valence-corrected chi connectivity index (χ3v) is 3.32. The van der Waals surface area contributed by atoms with Gasteiger partial charge in [0, 0.05) is 19.2 Å². The Hall–Kier alpha value is -1.41. The Balaban J connectivity index is 3.04. The Morgan fingerprint density at radius 1 is 1.65 bits per heavy atom. The van der Waals surface area contributed by atoms with Gasteiger partial charge in [0.2, 0.25) is 15.9 Å². The molecule has 17 heavy (non-hydrogen) atoms. The maximum absolute atomic E-state index is 11.6. The number of aryl methyl sites for hydroxylation is 1. The van der Waals surface area contributed by atoms with E-state index in [1.165, 1.54) is 10.9 Å². The maximum atomic E-state index is 11.6. The van der Waals surface area contributed by atoms with E-state index in [1.54, 1.807) is 14.0 Å². The standard InChI is InChI=1S/C9H16N4O3S/c1-4-6(2)9(14)11-8-7(17(10,15)16)5-13(3)12-8/h5-6H,4H2,1-3H3,(H2,10,15,16)(H,11,12,14). The van der Waals surface area contributed by atoms with Crippen molar-refractivity contribution in [2.24, 2.45) is 18.1 Å². The van der Waals surface area contributed by atoms with Crippen LogP contribution in [0.4, 0.5) is 5.82 Å². The van der Waals surface area contributed by atoms with Gasteiger partial charge in [0.05, 0.1) is 0 Å². The third-order valence-electron chi connectivity index (χ3n) is 2.40. The van der Waals surface area contributed by atoms with Crippen LogP contribution in [-0.4, -0.2) is 24.1 Å². The molecule has 1 rings (SSSR count). The predicted molar refractivity (Wildman–Crippen MR) is 62.7 cm³/mol. The van der Waals surface area contributed by atoms with Gasteiger partial charge in [-0.05, 0) is 6.42 Å². The van der Waals surface area contributed by atoms with E-state index in [2.05, 4.69) is 10.4 Å². The van der Waals surface area contributed by atoms with Gasteiger partial charge in [-0.25, -0.2) is 13.6 Å². The topological polar surface area (TPSA) is 107 Å². The van der Waals surface area contributed by atoms with Gasteiger partial charge in [-0.3, -0.25) is 9.48 Å². The molecule has 0 fully saturated rings. The van der Waals surface area contributed by atoms with Crippen molar-refractivity contribution in [1.82, 2.24) is 9.78 Å². The second-order valence-corrected chi connectivity index (χ2v) is 5.39. The summed E-state index contributed by atoms with van der Waals surface area (Å²) in [5.74, 6) is -0.526. The van der Waals surface area contributed by atoms with E-state index >= 15 is 0 Å². The van der Waals surface area contributed by atoms with Crippen molar-refractivity contribution in [1.29, 1.82) is 0 Å². The molecule has 0 aliphatic rings. The van der Waals surface area contributed by atoms with Gasteiger partial charge in [-0.1, -0.05) is 13.8 Å². The number of nitrogens with one attached hydrogen (secondary N) is 1. The molecule has 0 saturated carbocycles. The van der Waals surface area contributed by atoms with Crippen molar-refractivity contribution in [3.63, 3.8) is 0 Å². The fraction of sp³-hybridized carbons (Fsp3) is 0.556. The largest absolute Gasteiger partial charge is 0.308 e. The lowest BCUT2D eigenvalue weighted by molar-refractivity contribution is -0.119. The highest BCUT2D eigenvalue weighted by Gasteiger charge is 2.21. The van der Waals surface area contributed by atoms with Crippen LogP contribution in [0.2, 0.25) is 0 Å². The normalized spacial score (nSPS) is 13.4. The molecule has 0 aromatic carbocycles. The molecule has 1 amide bonds. The van der Waals surface area contributed by atoms with Crippen molar-refractivity contribution >= 4 is 21.7 Å². The highest BCUT2D eigenvalue weighted by molar-refractivity contribution is 7.89. The van der Waals surface area contributed by atoms with Crippen LogP contribution in [0, 0.1) is 5.92 Å². The first kappa shape index (κ1) is 13.7. The second kappa shape index (κ2) is 4.84. The fourth-order valence-electron chi connectivity index (χ4n) is 1.19. The number of carbonyl (C=O) groups excluding carboxylic acids is 1. The predicted octanol–water partition coefficient (Wildman–Crippen LogP) is 0.0521. The lowest BCUT2D eigenvalue weighted by Crippen LogP contribution is -2.22. The molecule has 3 N–H and O–H groups in total. The van der Waals surface area contributed by atoms with Crippen molar-refractivity contribution in [2.45, 2.75) is 25.2 Å². The molecule has 0 spiro atoms. The molecule has 1 aromatic rings. The molecule has 0 radical (unpaired) electrons. The van der Waals surface area contributed by atoms with Crippen molar-refractivity contribution < 1.29 is 13.2 Å². The summed E-state index contributed by atoms with van der Waals surface area (Å²) in [5, 5.41) is 11.3. The zero-order valence-corrected chi connectivity index (χ0v) is 10.8. The molecule has 96 valence electrons. The Labute approximate surface area is 100 Å². The first-order valence-electron chi connectivity index (χ1n) is 5.13. The summed E-state index contributed by atoms with van der Waals surface area (Å²) in [5.41, 5.74) is 0. The lowest BCUT2D eigenvalue weighted by atomic mass is 10.1. The summed E-state index contributed by atoms with van der Waals surface area (Å²) in [6.07, 6.45) is 1.91. The van der Waals surface area contributed by atoms with Crippen LogP contribution in [0.15, 0.2) is 11.1 Å². The zero-order valence-electron chi connectivity index (χ0n) is 9.97. The smallest absolute Gasteiger partial charge is 0.243 e. The first-order chi connectivity index (χ1) is 7.75. The lowest BCUT2D eigenvalue weighted by Gasteiger charge is -2.08. The molecule has 0 aliphatic carbocycles. The summed E-state index contributed by atoms with van der Waals surface area (Å²) < 4.78 is 23.8. The Bertz CT molecular complexity index is 520. The Morgan fingerprint density at radius 2 is 2.24 bits per heavy atom. The van der Waals surface area contributed by atoms with E-state index in [0.717, 1.165) is 0 Å². The molecule has 1 atom stereocenters. The number of amides is 1. The van der Waals surface area contributed by atoms with Crippen LogP contribution in [0.5, 0.6) is 0 Å². The van der Waals surface area contributed by atoms with Crippen LogP contribution in [0.1, 0.15) is 20.3 Å². The van der Waals surface area contributed by atoms with Gasteiger partial charge < -0.3 is 5.32 Å². The molecule has 8 heteroatoms. The van der Waals surface area contributed by atoms with Crippen LogP contribution in [-0.2, 0) is 21.9 Å². The van der Waals surface area contributed by atoms with E-state index in [4.69, 9.17) is 5.14 Å². The average molecular weight is 260 g/mol. The van der Waals surface area contributed by atoms with Crippen LogP contribution < -0.4 is 10.5 Å². The van der Waals surface area contributed by atoms with Gasteiger partial charge in [0.25, 0.3) is 0 Å². The summed E-state index contributed by atoms with van der Waals surface area (Å²) in [6, 6.07) is 0. The molecule has 0 bridgehead atoms. The Kier molecular flexibility index (Phi) is 3.89. The van der Waals surface area contributed by atoms with Gasteiger partial charge in [-0.2, -0.15) is 5.10 Å². The van der Waals surface area contributed by atoms with Gasteiger partial charge in [0.1, 0.15) is 4.90 Å². The molecule has 0 saturated heterocycles. The van der Waals surface area contributed by atoms with Crippen LogP contribution >= 0.6 is 0 Å². The number of sulfonamides is 1. The highest BCUT2D eigenvalue weighted by Crippen LogP contribution is 2.18. The summed E-state index contributed by atoms with van der Waals surface area (Å²) in [4.78, 5) is 11.5. The minimum absolute atomic E-state index is 0.0275. The molecule has 1 unspecified atom stereocenters. The second-order valence-electron chi connectivity index (χ2n) is 3.86. The number of primary sulfonamides is 1. The average Bonchev–Trinajstić information content (AvgIpc) is 2.57. The number of aromatic nitrogens is 2. The quantitative estimate of drug-likeness (QED) is 0.797. The van der Waals surface area contributed by atoms with Crippen LogP contribution in [0.3, 0.4) is 0 Å². The molecular formula is C9H16N4O3S. The molecule has 7 nitrogen and oxygen atoms in total. The minimum atomic E-state index is -3.89. The molecule has 1 heterocycles. The monoisotopic (exact) mass is 260 g/mol. The fourth-order valence-corrected chi connectivity index (χ4v) is 1.85. The number of anilines is 1. The maximum Gasteiger partial charge on any atom is 0.243 e. The first-order valence-corrected chi connectivity index (χ1v) is 6.67. The third kappa shape index (κ3) is 3.27. The molecular weight excluding hydrogens is 244 g/mol. The minimum Gasteiger partial charge on any atom is -0.308 e. The zero-order chi connectivity index (χ0) is 13.2. The van der Waals surface area contributed by atoms with E-state index in [1.807, 2.05) is 6.92 Å². The number of nitrogens with zero attached hydrogens (tertiary/aromatic N) is 2. The Morgan fingerprint density at radius 3 is 2.71 bits per heavy atom. The van der Waals surface area contributed by atoms with Crippen molar-refractivity contribution in [2.75, 3.05) is 5.32 Å². The van der Waals surface area contributed by atoms with Crippen molar-refractivity contribution in [3.05, 3.63) is 6.20 Å². The number of rotatable bonds is 4. The van der Waals surface area contributed by atoms with Gasteiger partial charge in [0.15, 0.2) is 5.82 Å². The van der Waals surface area contributed by atoms with Gasteiger partial charge >= 0.3 is 0 Å². The summed E-state index contributed by atoms with van der Waals surface area (Å²) in [7, 11) is -2.34. The highest BCUT2D eigenvalue weighted by atomic mass is 32.2. The van der Waals surface area contributed by atoms with Gasteiger partial charge in [-0.15, -0.1) is 0 Å².